The molecule has 2 aliphatic carbocycles. The van der Waals surface area contributed by atoms with Gasteiger partial charge in [-0.05, 0) is 32.1 Å². The predicted molar refractivity (Wildman–Crippen MR) is 64.8 cm³/mol. The Morgan fingerprint density at radius 2 is 1.83 bits per heavy atom. The van der Waals surface area contributed by atoms with E-state index in [2.05, 4.69) is 5.32 Å². The molecule has 0 aromatic rings. The monoisotopic (exact) mass is 255 g/mol. The van der Waals surface area contributed by atoms with Crippen LogP contribution in [0.5, 0.6) is 0 Å². The molecule has 2 aliphatic rings. The predicted octanol–water partition coefficient (Wildman–Crippen LogP) is 0.764. The number of aliphatic hydroxyl groups is 1. The first-order valence-electron chi connectivity index (χ1n) is 6.76. The van der Waals surface area contributed by atoms with Gasteiger partial charge in [-0.1, -0.05) is 6.42 Å². The van der Waals surface area contributed by atoms with Gasteiger partial charge in [-0.25, -0.2) is 0 Å². The lowest BCUT2D eigenvalue weighted by molar-refractivity contribution is -0.141. The molecule has 4 unspecified atom stereocenters. The molecule has 0 spiro atoms. The summed E-state index contributed by atoms with van der Waals surface area (Å²) in [6, 6.07) is 0. The number of hydrogen-bond donors (Lipinski definition) is 3. The lowest BCUT2D eigenvalue weighted by Gasteiger charge is -2.17. The maximum atomic E-state index is 11.9. The highest BCUT2D eigenvalue weighted by Gasteiger charge is 2.34. The van der Waals surface area contributed by atoms with E-state index in [1.807, 2.05) is 0 Å². The van der Waals surface area contributed by atoms with Crippen molar-refractivity contribution < 1.29 is 19.8 Å². The normalized spacial score (nSPS) is 35.6. The average molecular weight is 255 g/mol. The lowest BCUT2D eigenvalue weighted by Crippen LogP contribution is -2.35. The molecule has 5 heteroatoms. The van der Waals surface area contributed by atoms with Crippen LogP contribution in [0, 0.1) is 17.8 Å². The highest BCUT2D eigenvalue weighted by Crippen LogP contribution is 2.31. The zero-order valence-corrected chi connectivity index (χ0v) is 10.5. The Morgan fingerprint density at radius 3 is 2.39 bits per heavy atom. The van der Waals surface area contributed by atoms with E-state index in [1.165, 1.54) is 0 Å². The SMILES string of the molecule is O=C(O)C1CCC(C(=O)NCC2CCCC2O)C1. The van der Waals surface area contributed by atoms with Gasteiger partial charge in [0, 0.05) is 18.4 Å². The van der Waals surface area contributed by atoms with Crippen molar-refractivity contribution in [2.75, 3.05) is 6.54 Å². The van der Waals surface area contributed by atoms with E-state index < -0.39 is 5.97 Å². The fourth-order valence-corrected chi connectivity index (χ4v) is 3.08. The molecule has 3 N–H and O–H groups in total. The van der Waals surface area contributed by atoms with Gasteiger partial charge in [0.1, 0.15) is 0 Å². The van der Waals surface area contributed by atoms with Crippen LogP contribution < -0.4 is 5.32 Å². The van der Waals surface area contributed by atoms with Gasteiger partial charge in [0.05, 0.1) is 12.0 Å². The molecule has 1 amide bonds. The third-order valence-corrected chi connectivity index (χ3v) is 4.31. The summed E-state index contributed by atoms with van der Waals surface area (Å²) in [5, 5.41) is 21.4. The highest BCUT2D eigenvalue weighted by atomic mass is 16.4. The highest BCUT2D eigenvalue weighted by molar-refractivity contribution is 5.80. The maximum absolute atomic E-state index is 11.9. The Bertz CT molecular complexity index is 331. The van der Waals surface area contributed by atoms with Crippen LogP contribution in [-0.4, -0.2) is 34.7 Å². The molecule has 0 saturated heterocycles. The van der Waals surface area contributed by atoms with Crippen LogP contribution >= 0.6 is 0 Å². The van der Waals surface area contributed by atoms with E-state index in [-0.39, 0.29) is 29.8 Å². The summed E-state index contributed by atoms with van der Waals surface area (Å²) >= 11 is 0. The molecule has 102 valence electrons. The third kappa shape index (κ3) is 3.02. The topological polar surface area (TPSA) is 86.6 Å². The standard InChI is InChI=1S/C13H21NO4/c15-11-3-1-2-10(11)7-14-12(16)8-4-5-9(6-8)13(17)18/h8-11,15H,1-7H2,(H,14,16)(H,17,18). The van der Waals surface area contributed by atoms with Crippen molar-refractivity contribution in [1.82, 2.24) is 5.32 Å². The van der Waals surface area contributed by atoms with Crippen LogP contribution in [0.15, 0.2) is 0 Å². The number of hydrogen-bond acceptors (Lipinski definition) is 3. The number of aliphatic carboxylic acids is 1. The molecular weight excluding hydrogens is 234 g/mol. The molecule has 4 atom stereocenters. The van der Waals surface area contributed by atoms with Gasteiger partial charge < -0.3 is 15.5 Å². The molecule has 0 aromatic carbocycles. The Balaban J connectivity index is 1.74. The smallest absolute Gasteiger partial charge is 0.306 e. The fraction of sp³-hybridized carbons (Fsp3) is 0.846. The quantitative estimate of drug-likeness (QED) is 0.692. The molecule has 2 fully saturated rings. The number of nitrogens with one attached hydrogen (secondary N) is 1. The first kappa shape index (κ1) is 13.3. The molecule has 0 radical (unpaired) electrons. The number of rotatable bonds is 4. The van der Waals surface area contributed by atoms with Gasteiger partial charge in [0.2, 0.25) is 5.91 Å². The second-order valence-electron chi connectivity index (χ2n) is 5.55. The van der Waals surface area contributed by atoms with Crippen molar-refractivity contribution in [3.05, 3.63) is 0 Å². The largest absolute Gasteiger partial charge is 0.481 e. The second-order valence-corrected chi connectivity index (χ2v) is 5.55. The average Bonchev–Trinajstić information content (AvgIpc) is 2.94. The second kappa shape index (κ2) is 5.69. The van der Waals surface area contributed by atoms with Gasteiger partial charge in [-0.3, -0.25) is 9.59 Å². The number of carbonyl (C=O) groups is 2. The molecule has 0 aromatic heterocycles. The summed E-state index contributed by atoms with van der Waals surface area (Å²) in [5.74, 6) is -1.19. The summed E-state index contributed by atoms with van der Waals surface area (Å²) < 4.78 is 0. The van der Waals surface area contributed by atoms with Gasteiger partial charge >= 0.3 is 5.97 Å². The van der Waals surface area contributed by atoms with Crippen molar-refractivity contribution in [2.24, 2.45) is 17.8 Å². The van der Waals surface area contributed by atoms with E-state index in [4.69, 9.17) is 5.11 Å². The van der Waals surface area contributed by atoms with Crippen LogP contribution in [0.1, 0.15) is 38.5 Å². The minimum atomic E-state index is -0.795. The van der Waals surface area contributed by atoms with Crippen LogP contribution in [-0.2, 0) is 9.59 Å². The van der Waals surface area contributed by atoms with Crippen LogP contribution in [0.25, 0.3) is 0 Å². The van der Waals surface area contributed by atoms with Gasteiger partial charge in [-0.15, -0.1) is 0 Å². The summed E-state index contributed by atoms with van der Waals surface area (Å²) in [5.41, 5.74) is 0. The van der Waals surface area contributed by atoms with E-state index in [9.17, 15) is 14.7 Å². The lowest BCUT2D eigenvalue weighted by atomic mass is 10.0. The summed E-state index contributed by atoms with van der Waals surface area (Å²) in [6.45, 7) is 0.522. The van der Waals surface area contributed by atoms with Crippen molar-refractivity contribution in [3.8, 4) is 0 Å². The third-order valence-electron chi connectivity index (χ3n) is 4.31. The van der Waals surface area contributed by atoms with Gasteiger partial charge in [0.15, 0.2) is 0 Å². The molecule has 2 rings (SSSR count). The molecule has 0 aliphatic heterocycles. The molecule has 18 heavy (non-hydrogen) atoms. The van der Waals surface area contributed by atoms with Crippen LogP contribution in [0.3, 0.4) is 0 Å². The first-order chi connectivity index (χ1) is 8.58. The molecule has 0 bridgehead atoms. The Kier molecular flexibility index (Phi) is 4.22. The Labute approximate surface area is 107 Å². The van der Waals surface area contributed by atoms with Crippen molar-refractivity contribution >= 4 is 11.9 Å². The van der Waals surface area contributed by atoms with Gasteiger partial charge in [-0.2, -0.15) is 0 Å². The Morgan fingerprint density at radius 1 is 1.11 bits per heavy atom. The number of carboxylic acid groups (broad SMARTS) is 1. The molecular formula is C13H21NO4. The Hall–Kier alpha value is -1.10. The summed E-state index contributed by atoms with van der Waals surface area (Å²) in [7, 11) is 0. The zero-order valence-electron chi connectivity index (χ0n) is 10.5. The number of carboxylic acids is 1. The zero-order chi connectivity index (χ0) is 13.1. The molecule has 5 nitrogen and oxygen atoms in total. The molecule has 0 heterocycles. The van der Waals surface area contributed by atoms with E-state index >= 15 is 0 Å². The number of aliphatic hydroxyl groups excluding tert-OH is 1. The minimum absolute atomic E-state index is 0.0437. The molecule has 2 saturated carbocycles. The fourth-order valence-electron chi connectivity index (χ4n) is 3.08. The van der Waals surface area contributed by atoms with E-state index in [1.54, 1.807) is 0 Å². The van der Waals surface area contributed by atoms with E-state index in [0.29, 0.717) is 25.8 Å². The van der Waals surface area contributed by atoms with Gasteiger partial charge in [0.25, 0.3) is 0 Å². The van der Waals surface area contributed by atoms with Crippen molar-refractivity contribution in [3.63, 3.8) is 0 Å². The number of amides is 1. The van der Waals surface area contributed by atoms with Crippen molar-refractivity contribution in [2.45, 2.75) is 44.6 Å². The minimum Gasteiger partial charge on any atom is -0.481 e. The first-order valence-corrected chi connectivity index (χ1v) is 6.76. The summed E-state index contributed by atoms with van der Waals surface area (Å²) in [6.07, 6.45) is 4.23. The number of carbonyl (C=O) groups excluding carboxylic acids is 1. The van der Waals surface area contributed by atoms with Crippen LogP contribution in [0.2, 0.25) is 0 Å². The van der Waals surface area contributed by atoms with Crippen LogP contribution in [0.4, 0.5) is 0 Å². The maximum Gasteiger partial charge on any atom is 0.306 e. The van der Waals surface area contributed by atoms with E-state index in [0.717, 1.165) is 19.3 Å². The summed E-state index contributed by atoms with van der Waals surface area (Å²) in [4.78, 5) is 22.7. The van der Waals surface area contributed by atoms with Crippen molar-refractivity contribution in [1.29, 1.82) is 0 Å².